The quantitative estimate of drug-likeness (QED) is 0.358. The minimum atomic E-state index is -1.11. The first-order chi connectivity index (χ1) is 13.9. The summed E-state index contributed by atoms with van der Waals surface area (Å²) in [5.41, 5.74) is 4.66. The Kier molecular flexibility index (Phi) is 7.90. The molecule has 0 aliphatic rings. The Bertz CT molecular complexity index is 891. The lowest BCUT2D eigenvalue weighted by atomic mass is 10.0. The van der Waals surface area contributed by atoms with E-state index in [2.05, 4.69) is 29.7 Å². The number of nitrogens with one attached hydrogen (secondary N) is 2. The SMILES string of the molecule is CC(C)c1ccc(CNC(=O)C(=O)N/N=C\c2ccccc2OCC(=O)O)cc1. The molecule has 0 spiro atoms. The molecule has 0 aliphatic carbocycles. The van der Waals surface area contributed by atoms with Gasteiger partial charge in [0.15, 0.2) is 6.61 Å². The van der Waals surface area contributed by atoms with Crippen LogP contribution in [0.5, 0.6) is 5.75 Å². The summed E-state index contributed by atoms with van der Waals surface area (Å²) >= 11 is 0. The minimum absolute atomic E-state index is 0.222. The Morgan fingerprint density at radius 2 is 1.76 bits per heavy atom. The number of carbonyl (C=O) groups excluding carboxylic acids is 2. The molecule has 0 atom stereocenters. The zero-order chi connectivity index (χ0) is 21.2. The van der Waals surface area contributed by atoms with Crippen LogP contribution in [0, 0.1) is 0 Å². The lowest BCUT2D eigenvalue weighted by Gasteiger charge is -2.08. The van der Waals surface area contributed by atoms with E-state index in [1.807, 2.05) is 24.3 Å². The van der Waals surface area contributed by atoms with Gasteiger partial charge in [0.05, 0.1) is 6.21 Å². The van der Waals surface area contributed by atoms with E-state index in [0.717, 1.165) is 5.56 Å². The van der Waals surface area contributed by atoms with E-state index < -0.39 is 24.4 Å². The van der Waals surface area contributed by atoms with Gasteiger partial charge in [0.25, 0.3) is 0 Å². The Balaban J connectivity index is 1.85. The predicted molar refractivity (Wildman–Crippen MR) is 108 cm³/mol. The van der Waals surface area contributed by atoms with Crippen LogP contribution >= 0.6 is 0 Å². The molecule has 8 nitrogen and oxygen atoms in total. The Hall–Kier alpha value is -3.68. The minimum Gasteiger partial charge on any atom is -0.481 e. The van der Waals surface area contributed by atoms with E-state index in [-0.39, 0.29) is 6.54 Å². The van der Waals surface area contributed by atoms with Crippen LogP contribution in [0.25, 0.3) is 0 Å². The number of hydrazone groups is 1. The zero-order valence-corrected chi connectivity index (χ0v) is 16.2. The van der Waals surface area contributed by atoms with Gasteiger partial charge in [-0.2, -0.15) is 5.10 Å². The Labute approximate surface area is 168 Å². The number of benzene rings is 2. The van der Waals surface area contributed by atoms with Crippen LogP contribution < -0.4 is 15.5 Å². The van der Waals surface area contributed by atoms with Crippen molar-refractivity contribution in [1.82, 2.24) is 10.7 Å². The molecule has 29 heavy (non-hydrogen) atoms. The van der Waals surface area contributed by atoms with Crippen molar-refractivity contribution in [2.75, 3.05) is 6.61 Å². The van der Waals surface area contributed by atoms with Crippen molar-refractivity contribution in [3.05, 3.63) is 65.2 Å². The summed E-state index contributed by atoms with van der Waals surface area (Å²) in [6, 6.07) is 14.4. The fraction of sp³-hybridized carbons (Fsp3) is 0.238. The zero-order valence-electron chi connectivity index (χ0n) is 16.2. The van der Waals surface area contributed by atoms with Gasteiger partial charge >= 0.3 is 17.8 Å². The normalized spacial score (nSPS) is 10.7. The highest BCUT2D eigenvalue weighted by Gasteiger charge is 2.12. The van der Waals surface area contributed by atoms with Gasteiger partial charge in [-0.25, -0.2) is 10.2 Å². The third-order valence-electron chi connectivity index (χ3n) is 3.95. The van der Waals surface area contributed by atoms with Crippen molar-refractivity contribution in [1.29, 1.82) is 0 Å². The molecule has 0 heterocycles. The molecule has 0 aliphatic heterocycles. The third kappa shape index (κ3) is 7.10. The van der Waals surface area contributed by atoms with Crippen LogP contribution in [0.3, 0.4) is 0 Å². The average molecular weight is 397 g/mol. The highest BCUT2D eigenvalue weighted by molar-refractivity contribution is 6.35. The molecule has 152 valence electrons. The lowest BCUT2D eigenvalue weighted by Crippen LogP contribution is -2.37. The van der Waals surface area contributed by atoms with E-state index in [1.165, 1.54) is 11.8 Å². The number of hydrogen-bond acceptors (Lipinski definition) is 5. The summed E-state index contributed by atoms with van der Waals surface area (Å²) < 4.78 is 5.13. The molecule has 0 aromatic heterocycles. The number of carboxylic acids is 1. The molecule has 3 N–H and O–H groups in total. The van der Waals surface area contributed by atoms with Gasteiger partial charge in [0, 0.05) is 12.1 Å². The van der Waals surface area contributed by atoms with Crippen molar-refractivity contribution >= 4 is 24.0 Å². The highest BCUT2D eigenvalue weighted by Crippen LogP contribution is 2.16. The maximum absolute atomic E-state index is 11.9. The lowest BCUT2D eigenvalue weighted by molar-refractivity contribution is -0.139. The van der Waals surface area contributed by atoms with Crippen LogP contribution in [0.15, 0.2) is 53.6 Å². The fourth-order valence-electron chi connectivity index (χ4n) is 2.35. The molecular weight excluding hydrogens is 374 g/mol. The Morgan fingerprint density at radius 1 is 1.07 bits per heavy atom. The number of carbonyl (C=O) groups is 3. The number of carboxylic acid groups (broad SMARTS) is 1. The maximum Gasteiger partial charge on any atom is 0.341 e. The van der Waals surface area contributed by atoms with Gasteiger partial charge in [0.2, 0.25) is 0 Å². The van der Waals surface area contributed by atoms with Crippen molar-refractivity contribution in [3.8, 4) is 5.75 Å². The second-order valence-electron chi connectivity index (χ2n) is 6.50. The molecule has 8 heteroatoms. The first-order valence-corrected chi connectivity index (χ1v) is 9.00. The number of aliphatic carboxylic acids is 1. The topological polar surface area (TPSA) is 117 Å². The van der Waals surface area contributed by atoms with Gasteiger partial charge in [-0.3, -0.25) is 9.59 Å². The van der Waals surface area contributed by atoms with Gasteiger partial charge in [-0.1, -0.05) is 50.2 Å². The van der Waals surface area contributed by atoms with Gasteiger partial charge in [0.1, 0.15) is 5.75 Å². The molecule has 0 bridgehead atoms. The van der Waals surface area contributed by atoms with Gasteiger partial charge in [-0.15, -0.1) is 0 Å². The van der Waals surface area contributed by atoms with Crippen LogP contribution in [0.4, 0.5) is 0 Å². The summed E-state index contributed by atoms with van der Waals surface area (Å²) in [6.07, 6.45) is 1.27. The van der Waals surface area contributed by atoms with Crippen molar-refractivity contribution in [3.63, 3.8) is 0 Å². The second-order valence-corrected chi connectivity index (χ2v) is 6.50. The molecular formula is C21H23N3O5. The number of ether oxygens (including phenoxy) is 1. The molecule has 0 fully saturated rings. The smallest absolute Gasteiger partial charge is 0.341 e. The van der Waals surface area contributed by atoms with Crippen LogP contribution in [0.1, 0.15) is 36.5 Å². The summed E-state index contributed by atoms with van der Waals surface area (Å²) in [5, 5.41) is 14.9. The maximum atomic E-state index is 11.9. The second kappa shape index (κ2) is 10.6. The van der Waals surface area contributed by atoms with Crippen LogP contribution in [-0.4, -0.2) is 35.7 Å². The molecule has 2 rings (SSSR count). The molecule has 0 saturated heterocycles. The van der Waals surface area contributed by atoms with Crippen molar-refractivity contribution < 1.29 is 24.2 Å². The highest BCUT2D eigenvalue weighted by atomic mass is 16.5. The number of nitrogens with zero attached hydrogens (tertiary/aromatic N) is 1. The van der Waals surface area contributed by atoms with Crippen LogP contribution in [0.2, 0.25) is 0 Å². The molecule has 0 unspecified atom stereocenters. The van der Waals surface area contributed by atoms with Gasteiger partial charge in [-0.05, 0) is 29.2 Å². The van der Waals surface area contributed by atoms with E-state index >= 15 is 0 Å². The summed E-state index contributed by atoms with van der Waals surface area (Å²) in [7, 11) is 0. The van der Waals surface area contributed by atoms with Crippen molar-refractivity contribution in [2.45, 2.75) is 26.3 Å². The van der Waals surface area contributed by atoms with Crippen molar-refractivity contribution in [2.24, 2.45) is 5.10 Å². The number of para-hydroxylation sites is 1. The average Bonchev–Trinajstić information content (AvgIpc) is 2.71. The third-order valence-corrected chi connectivity index (χ3v) is 3.95. The van der Waals surface area contributed by atoms with E-state index in [0.29, 0.717) is 17.2 Å². The standard InChI is InChI=1S/C21H23N3O5/c1-14(2)16-9-7-15(8-10-16)11-22-20(27)21(28)24-23-12-17-5-3-4-6-18(17)29-13-19(25)26/h3-10,12,14H,11,13H2,1-2H3,(H,22,27)(H,24,28)(H,25,26)/b23-12-. The molecule has 2 aromatic rings. The first kappa shape index (κ1) is 21.6. The first-order valence-electron chi connectivity index (χ1n) is 9.00. The summed E-state index contributed by atoms with van der Waals surface area (Å²) in [4.78, 5) is 34.4. The van der Waals surface area contributed by atoms with Crippen LogP contribution in [-0.2, 0) is 20.9 Å². The van der Waals surface area contributed by atoms with E-state index in [4.69, 9.17) is 9.84 Å². The number of amides is 2. The molecule has 0 saturated carbocycles. The molecule has 0 radical (unpaired) electrons. The van der Waals surface area contributed by atoms with E-state index in [1.54, 1.807) is 24.3 Å². The number of hydrogen-bond donors (Lipinski definition) is 3. The van der Waals surface area contributed by atoms with Gasteiger partial charge < -0.3 is 15.2 Å². The molecule has 2 amide bonds. The number of rotatable bonds is 8. The Morgan fingerprint density at radius 3 is 2.41 bits per heavy atom. The molecule has 2 aromatic carbocycles. The van der Waals surface area contributed by atoms with E-state index in [9.17, 15) is 14.4 Å². The largest absolute Gasteiger partial charge is 0.481 e. The predicted octanol–water partition coefficient (Wildman–Crippen LogP) is 2.04. The fourth-order valence-corrected chi connectivity index (χ4v) is 2.35. The monoisotopic (exact) mass is 397 g/mol. The summed E-state index contributed by atoms with van der Waals surface area (Å²) in [6.45, 7) is 3.91. The summed E-state index contributed by atoms with van der Waals surface area (Å²) in [5.74, 6) is -2.13.